The summed E-state index contributed by atoms with van der Waals surface area (Å²) < 4.78 is 17.0. The summed E-state index contributed by atoms with van der Waals surface area (Å²) in [6.45, 7) is 3.84. The highest BCUT2D eigenvalue weighted by Crippen LogP contribution is 2.32. The van der Waals surface area contributed by atoms with Gasteiger partial charge in [-0.05, 0) is 55.9 Å². The van der Waals surface area contributed by atoms with E-state index in [9.17, 15) is 4.79 Å². The number of esters is 1. The number of fused-ring (bicyclic) bond motifs is 1. The maximum Gasteiger partial charge on any atom is 0.308 e. The standard InChI is InChI=1S/C22H28N2O4/c1-2-26-22(25)15-3-7-18(8-4-15)28-21-10-6-17(14-24-21)16-5-9-19-20(13-16)27-12-11-23-19/h5-6,9,13-15,18,21,23H,2-4,7-8,10-12H2,1H3. The summed E-state index contributed by atoms with van der Waals surface area (Å²) in [5, 5.41) is 3.34. The second-order valence-corrected chi connectivity index (χ2v) is 7.48. The van der Waals surface area contributed by atoms with Gasteiger partial charge in [0.1, 0.15) is 12.4 Å². The number of nitrogens with one attached hydrogen (secondary N) is 1. The van der Waals surface area contributed by atoms with Crippen molar-refractivity contribution in [2.75, 3.05) is 25.1 Å². The lowest BCUT2D eigenvalue weighted by atomic mass is 9.87. The molecule has 1 aromatic carbocycles. The molecular formula is C22H28N2O4. The molecule has 2 aliphatic heterocycles. The van der Waals surface area contributed by atoms with Crippen LogP contribution < -0.4 is 10.1 Å². The lowest BCUT2D eigenvalue weighted by molar-refractivity contribution is -0.150. The van der Waals surface area contributed by atoms with E-state index in [-0.39, 0.29) is 24.2 Å². The number of benzene rings is 1. The van der Waals surface area contributed by atoms with Crippen LogP contribution in [-0.2, 0) is 14.3 Å². The number of carbonyl (C=O) groups is 1. The van der Waals surface area contributed by atoms with E-state index >= 15 is 0 Å². The van der Waals surface area contributed by atoms with Crippen LogP contribution in [0, 0.1) is 5.92 Å². The van der Waals surface area contributed by atoms with Crippen molar-refractivity contribution in [1.82, 2.24) is 0 Å². The highest BCUT2D eigenvalue weighted by atomic mass is 16.5. The van der Waals surface area contributed by atoms with Gasteiger partial charge >= 0.3 is 5.97 Å². The quantitative estimate of drug-likeness (QED) is 0.782. The Morgan fingerprint density at radius 3 is 2.89 bits per heavy atom. The Hall–Kier alpha value is -2.34. The van der Waals surface area contributed by atoms with Crippen LogP contribution in [0.25, 0.3) is 5.57 Å². The number of aliphatic imine (C=N–C) groups is 1. The molecule has 6 nitrogen and oxygen atoms in total. The van der Waals surface area contributed by atoms with Crippen LogP contribution in [0.4, 0.5) is 5.69 Å². The maximum absolute atomic E-state index is 11.8. The van der Waals surface area contributed by atoms with Crippen LogP contribution >= 0.6 is 0 Å². The summed E-state index contributed by atoms with van der Waals surface area (Å²) in [5.41, 5.74) is 3.26. The van der Waals surface area contributed by atoms with Crippen molar-refractivity contribution in [2.24, 2.45) is 10.9 Å². The first-order chi connectivity index (χ1) is 13.7. The van der Waals surface area contributed by atoms with Gasteiger partial charge in [-0.1, -0.05) is 12.1 Å². The minimum atomic E-state index is -0.136. The van der Waals surface area contributed by atoms with Crippen molar-refractivity contribution in [2.45, 2.75) is 51.4 Å². The van der Waals surface area contributed by atoms with Gasteiger partial charge in [-0.2, -0.15) is 0 Å². The number of hydrogen-bond acceptors (Lipinski definition) is 6. The van der Waals surface area contributed by atoms with Gasteiger partial charge in [0.05, 0.1) is 24.3 Å². The van der Waals surface area contributed by atoms with Gasteiger partial charge < -0.3 is 19.5 Å². The number of rotatable bonds is 5. The fourth-order valence-corrected chi connectivity index (χ4v) is 4.02. The van der Waals surface area contributed by atoms with E-state index in [2.05, 4.69) is 34.6 Å². The number of carbonyl (C=O) groups excluding carboxylic acids is 1. The third-order valence-corrected chi connectivity index (χ3v) is 5.55. The zero-order valence-electron chi connectivity index (χ0n) is 16.4. The van der Waals surface area contributed by atoms with Crippen LogP contribution in [0.15, 0.2) is 29.3 Å². The van der Waals surface area contributed by atoms with Gasteiger partial charge in [0.15, 0.2) is 6.23 Å². The van der Waals surface area contributed by atoms with E-state index in [1.54, 1.807) is 0 Å². The van der Waals surface area contributed by atoms with E-state index in [1.165, 1.54) is 0 Å². The molecule has 1 fully saturated rings. The van der Waals surface area contributed by atoms with Gasteiger partial charge in [0.25, 0.3) is 0 Å². The molecule has 0 amide bonds. The molecule has 28 heavy (non-hydrogen) atoms. The molecule has 1 saturated carbocycles. The fraction of sp³-hybridized carbons (Fsp3) is 0.545. The summed E-state index contributed by atoms with van der Waals surface area (Å²) in [6.07, 6.45) is 8.34. The van der Waals surface area contributed by atoms with Gasteiger partial charge in [-0.25, -0.2) is 0 Å². The zero-order valence-corrected chi connectivity index (χ0v) is 16.4. The molecule has 0 radical (unpaired) electrons. The highest BCUT2D eigenvalue weighted by molar-refractivity contribution is 6.10. The normalized spacial score (nSPS) is 26.5. The van der Waals surface area contributed by atoms with Crippen molar-refractivity contribution in [3.05, 3.63) is 29.8 Å². The van der Waals surface area contributed by atoms with Crippen molar-refractivity contribution >= 4 is 23.4 Å². The first-order valence-corrected chi connectivity index (χ1v) is 10.3. The van der Waals surface area contributed by atoms with Crippen LogP contribution in [0.5, 0.6) is 5.75 Å². The monoisotopic (exact) mass is 384 g/mol. The average Bonchev–Trinajstić information content (AvgIpc) is 2.75. The Bertz CT molecular complexity index is 766. The van der Waals surface area contributed by atoms with Crippen molar-refractivity contribution in [3.63, 3.8) is 0 Å². The van der Waals surface area contributed by atoms with Gasteiger partial charge in [0, 0.05) is 19.2 Å². The molecule has 1 atom stereocenters. The predicted octanol–water partition coefficient (Wildman–Crippen LogP) is 3.81. The van der Waals surface area contributed by atoms with Crippen molar-refractivity contribution < 1.29 is 19.0 Å². The smallest absolute Gasteiger partial charge is 0.308 e. The summed E-state index contributed by atoms with van der Waals surface area (Å²) in [4.78, 5) is 16.5. The molecule has 4 rings (SSSR count). The average molecular weight is 384 g/mol. The third kappa shape index (κ3) is 4.38. The highest BCUT2D eigenvalue weighted by Gasteiger charge is 2.29. The molecule has 1 aliphatic carbocycles. The Balaban J connectivity index is 1.28. The summed E-state index contributed by atoms with van der Waals surface area (Å²) in [6, 6.07) is 6.22. The fourth-order valence-electron chi connectivity index (χ4n) is 4.02. The van der Waals surface area contributed by atoms with Gasteiger partial charge in [-0.15, -0.1) is 0 Å². The topological polar surface area (TPSA) is 69.2 Å². The Kier molecular flexibility index (Phi) is 5.95. The molecule has 1 aromatic rings. The molecule has 0 bridgehead atoms. The maximum atomic E-state index is 11.8. The van der Waals surface area contributed by atoms with Crippen LogP contribution in [0.2, 0.25) is 0 Å². The molecule has 0 saturated heterocycles. The number of ether oxygens (including phenoxy) is 3. The molecule has 0 aromatic heterocycles. The largest absolute Gasteiger partial charge is 0.490 e. The van der Waals surface area contributed by atoms with Gasteiger partial charge in [-0.3, -0.25) is 9.79 Å². The van der Waals surface area contributed by atoms with E-state index in [0.717, 1.165) is 61.2 Å². The summed E-state index contributed by atoms with van der Waals surface area (Å²) >= 11 is 0. The first-order valence-electron chi connectivity index (χ1n) is 10.3. The number of hydrogen-bond donors (Lipinski definition) is 1. The lowest BCUT2D eigenvalue weighted by Crippen LogP contribution is -2.30. The molecule has 1 N–H and O–H groups in total. The third-order valence-electron chi connectivity index (χ3n) is 5.55. The molecular weight excluding hydrogens is 356 g/mol. The van der Waals surface area contributed by atoms with Crippen LogP contribution in [0.1, 0.15) is 44.6 Å². The van der Waals surface area contributed by atoms with Gasteiger partial charge in [0.2, 0.25) is 0 Å². The van der Waals surface area contributed by atoms with E-state index in [1.807, 2.05) is 13.1 Å². The Labute approximate surface area is 166 Å². The van der Waals surface area contributed by atoms with E-state index < -0.39 is 0 Å². The number of allylic oxidation sites excluding steroid dienone is 1. The second kappa shape index (κ2) is 8.78. The minimum absolute atomic E-state index is 0.0295. The van der Waals surface area contributed by atoms with E-state index in [4.69, 9.17) is 14.2 Å². The minimum Gasteiger partial charge on any atom is -0.490 e. The SMILES string of the molecule is CCOC(=O)C1CCC(OC2CC=C(c3ccc4c(c3)OCCN4)C=N2)CC1. The molecule has 0 spiro atoms. The lowest BCUT2D eigenvalue weighted by Gasteiger charge is -2.29. The van der Waals surface area contributed by atoms with E-state index in [0.29, 0.717) is 13.2 Å². The predicted molar refractivity (Wildman–Crippen MR) is 109 cm³/mol. The Morgan fingerprint density at radius 1 is 1.29 bits per heavy atom. The molecule has 1 unspecified atom stereocenters. The number of anilines is 1. The molecule has 6 heteroatoms. The number of dihydropyridines is 1. The summed E-state index contributed by atoms with van der Waals surface area (Å²) in [5.74, 6) is 0.866. The molecule has 3 aliphatic rings. The first kappa shape index (κ1) is 19.0. The second-order valence-electron chi connectivity index (χ2n) is 7.48. The van der Waals surface area contributed by atoms with Crippen LogP contribution in [0.3, 0.4) is 0 Å². The molecule has 150 valence electrons. The van der Waals surface area contributed by atoms with Crippen molar-refractivity contribution in [1.29, 1.82) is 0 Å². The van der Waals surface area contributed by atoms with Crippen molar-refractivity contribution in [3.8, 4) is 5.75 Å². The Morgan fingerprint density at radius 2 is 2.14 bits per heavy atom. The zero-order chi connectivity index (χ0) is 19.3. The molecule has 2 heterocycles. The number of nitrogens with zero attached hydrogens (tertiary/aromatic N) is 1. The van der Waals surface area contributed by atoms with Crippen LogP contribution in [-0.4, -0.2) is 44.3 Å². The summed E-state index contributed by atoms with van der Waals surface area (Å²) in [7, 11) is 0.